The average Bonchev–Trinajstić information content (AvgIpc) is 3.21. The minimum atomic E-state index is 0. The lowest BCUT2D eigenvalue weighted by Crippen LogP contribution is -2.49. The second kappa shape index (κ2) is 7.49. The second-order valence-electron chi connectivity index (χ2n) is 6.78. The van der Waals surface area contributed by atoms with E-state index >= 15 is 0 Å². The number of halogens is 1. The fourth-order valence-corrected chi connectivity index (χ4v) is 3.79. The second-order valence-corrected chi connectivity index (χ2v) is 6.78. The monoisotopic (exact) mass is 362 g/mol. The maximum atomic E-state index is 12.6. The first-order valence-corrected chi connectivity index (χ1v) is 8.54. The van der Waals surface area contributed by atoms with E-state index in [2.05, 4.69) is 20.7 Å². The molecule has 2 unspecified atom stereocenters. The molecule has 1 aromatic heterocycles. The van der Waals surface area contributed by atoms with Crippen LogP contribution in [0.25, 0.3) is 11.4 Å². The first-order valence-electron chi connectivity index (χ1n) is 8.54. The molecular formula is C17H23ClN6O. The zero-order valence-corrected chi connectivity index (χ0v) is 15.0. The van der Waals surface area contributed by atoms with Crippen LogP contribution in [0.15, 0.2) is 30.3 Å². The van der Waals surface area contributed by atoms with E-state index in [9.17, 15) is 4.79 Å². The van der Waals surface area contributed by atoms with Gasteiger partial charge in [0.2, 0.25) is 11.7 Å². The molecule has 0 aliphatic carbocycles. The van der Waals surface area contributed by atoms with Gasteiger partial charge >= 0.3 is 0 Å². The van der Waals surface area contributed by atoms with E-state index < -0.39 is 0 Å². The molecule has 2 aliphatic rings. The zero-order valence-electron chi connectivity index (χ0n) is 14.2. The van der Waals surface area contributed by atoms with Crippen molar-refractivity contribution in [1.29, 1.82) is 0 Å². The Bertz CT molecular complexity index is 709. The Morgan fingerprint density at radius 2 is 1.92 bits per heavy atom. The Kier molecular flexibility index (Phi) is 5.34. The fourth-order valence-electron chi connectivity index (χ4n) is 3.79. The molecule has 2 saturated heterocycles. The highest BCUT2D eigenvalue weighted by Crippen LogP contribution is 2.29. The number of likely N-dealkylation sites (N-methyl/N-ethyl adjacent to an activating group) is 1. The van der Waals surface area contributed by atoms with Crippen molar-refractivity contribution in [2.75, 3.05) is 7.05 Å². The number of tetrazole rings is 1. The van der Waals surface area contributed by atoms with Crippen LogP contribution < -0.4 is 5.32 Å². The summed E-state index contributed by atoms with van der Waals surface area (Å²) in [6, 6.07) is 11.1. The van der Waals surface area contributed by atoms with Crippen molar-refractivity contribution in [3.8, 4) is 11.4 Å². The van der Waals surface area contributed by atoms with Crippen LogP contribution >= 0.6 is 12.4 Å². The molecular weight excluding hydrogens is 340 g/mol. The summed E-state index contributed by atoms with van der Waals surface area (Å²) < 4.78 is 0. The number of hydrogen-bond acceptors (Lipinski definition) is 5. The quantitative estimate of drug-likeness (QED) is 0.892. The van der Waals surface area contributed by atoms with Crippen molar-refractivity contribution in [3.05, 3.63) is 30.3 Å². The lowest BCUT2D eigenvalue weighted by molar-refractivity contribution is -0.133. The molecule has 2 aliphatic heterocycles. The van der Waals surface area contributed by atoms with Crippen molar-refractivity contribution in [2.24, 2.45) is 0 Å². The van der Waals surface area contributed by atoms with E-state index in [1.54, 1.807) is 0 Å². The minimum absolute atomic E-state index is 0. The van der Waals surface area contributed by atoms with Gasteiger partial charge < -0.3 is 10.2 Å². The van der Waals surface area contributed by atoms with Gasteiger partial charge in [-0.25, -0.2) is 0 Å². The molecule has 2 fully saturated rings. The third-order valence-corrected chi connectivity index (χ3v) is 5.15. The largest absolute Gasteiger partial charge is 0.341 e. The number of rotatable bonds is 4. The van der Waals surface area contributed by atoms with Crippen molar-refractivity contribution in [1.82, 2.24) is 30.4 Å². The summed E-state index contributed by atoms with van der Waals surface area (Å²) in [5.74, 6) is 0.587. The Morgan fingerprint density at radius 3 is 2.60 bits per heavy atom. The van der Waals surface area contributed by atoms with Crippen LogP contribution in [-0.4, -0.2) is 56.2 Å². The van der Waals surface area contributed by atoms with Crippen LogP contribution in [0.4, 0.5) is 0 Å². The highest BCUT2D eigenvalue weighted by Gasteiger charge is 2.36. The Balaban J connectivity index is 0.00000182. The predicted octanol–water partition coefficient (Wildman–Crippen LogP) is 1.50. The third-order valence-electron chi connectivity index (χ3n) is 5.15. The molecule has 1 amide bonds. The fraction of sp³-hybridized carbons (Fsp3) is 0.529. The molecule has 3 heterocycles. The molecule has 0 spiro atoms. The zero-order chi connectivity index (χ0) is 16.5. The maximum absolute atomic E-state index is 12.6. The van der Waals surface area contributed by atoms with Crippen molar-refractivity contribution < 1.29 is 4.79 Å². The van der Waals surface area contributed by atoms with Gasteiger partial charge in [-0.1, -0.05) is 30.3 Å². The van der Waals surface area contributed by atoms with Crippen molar-refractivity contribution in [2.45, 2.75) is 50.4 Å². The van der Waals surface area contributed by atoms with Gasteiger partial charge in [-0.3, -0.25) is 4.79 Å². The molecule has 134 valence electrons. The number of nitrogens with zero attached hydrogens (tertiary/aromatic N) is 5. The first-order chi connectivity index (χ1) is 11.7. The molecule has 0 radical (unpaired) electrons. The lowest BCUT2D eigenvalue weighted by Gasteiger charge is -2.35. The molecule has 0 saturated carbocycles. The summed E-state index contributed by atoms with van der Waals surface area (Å²) in [6.07, 6.45) is 4.54. The number of carbonyl (C=O) groups excluding carboxylic acids is 1. The number of piperidine rings is 1. The molecule has 8 heteroatoms. The number of fused-ring (bicyclic) bond motifs is 2. The van der Waals surface area contributed by atoms with E-state index in [1.165, 1.54) is 17.6 Å². The molecule has 4 rings (SSSR count). The smallest absolute Gasteiger partial charge is 0.246 e. The number of carbonyl (C=O) groups is 1. The first kappa shape index (κ1) is 17.8. The molecule has 2 atom stereocenters. The maximum Gasteiger partial charge on any atom is 0.246 e. The van der Waals surface area contributed by atoms with Crippen LogP contribution in [0.5, 0.6) is 0 Å². The van der Waals surface area contributed by atoms with E-state index in [0.717, 1.165) is 18.4 Å². The van der Waals surface area contributed by atoms with Gasteiger partial charge in [0, 0.05) is 30.7 Å². The van der Waals surface area contributed by atoms with E-state index in [1.807, 2.05) is 42.3 Å². The van der Waals surface area contributed by atoms with Gasteiger partial charge in [-0.05, 0) is 30.9 Å². The average molecular weight is 363 g/mol. The van der Waals surface area contributed by atoms with Gasteiger partial charge in [0.15, 0.2) is 0 Å². The van der Waals surface area contributed by atoms with Crippen LogP contribution in [0.1, 0.15) is 25.7 Å². The van der Waals surface area contributed by atoms with Crippen molar-refractivity contribution in [3.63, 3.8) is 0 Å². The van der Waals surface area contributed by atoms with E-state index in [-0.39, 0.29) is 24.9 Å². The van der Waals surface area contributed by atoms with Crippen LogP contribution in [0.2, 0.25) is 0 Å². The highest BCUT2D eigenvalue weighted by molar-refractivity contribution is 5.85. The van der Waals surface area contributed by atoms with Crippen LogP contribution in [-0.2, 0) is 11.3 Å². The molecule has 7 nitrogen and oxygen atoms in total. The third kappa shape index (κ3) is 3.82. The summed E-state index contributed by atoms with van der Waals surface area (Å²) in [5.41, 5.74) is 0.902. The van der Waals surface area contributed by atoms with Gasteiger partial charge in [0.25, 0.3) is 0 Å². The molecule has 2 aromatic rings. The lowest BCUT2D eigenvalue weighted by atomic mass is 9.98. The topological polar surface area (TPSA) is 75.9 Å². The summed E-state index contributed by atoms with van der Waals surface area (Å²) in [6.45, 7) is 0.135. The van der Waals surface area contributed by atoms with E-state index in [4.69, 9.17) is 0 Å². The Labute approximate surface area is 153 Å². The van der Waals surface area contributed by atoms with Gasteiger partial charge in [-0.2, -0.15) is 4.80 Å². The number of nitrogens with one attached hydrogen (secondary N) is 1. The molecule has 2 bridgehead atoms. The Hall–Kier alpha value is -1.99. The predicted molar refractivity (Wildman–Crippen MR) is 96.2 cm³/mol. The normalized spacial score (nSPS) is 24.6. The summed E-state index contributed by atoms with van der Waals surface area (Å²) in [5, 5.41) is 16.0. The highest BCUT2D eigenvalue weighted by atomic mass is 35.5. The number of amides is 1. The van der Waals surface area contributed by atoms with Gasteiger partial charge in [0.1, 0.15) is 6.54 Å². The Morgan fingerprint density at radius 1 is 1.24 bits per heavy atom. The van der Waals surface area contributed by atoms with Crippen molar-refractivity contribution >= 4 is 18.3 Å². The molecule has 1 N–H and O–H groups in total. The standard InChI is InChI=1S/C17H22N6O.ClH/c1-22(15-9-13-7-8-14(10-15)18-13)16(24)11-23-20-17(19-21-23)12-5-3-2-4-6-12;/h2-6,13-15,18H,7-11H2,1H3;1H. The summed E-state index contributed by atoms with van der Waals surface area (Å²) in [4.78, 5) is 15.8. The molecule has 25 heavy (non-hydrogen) atoms. The summed E-state index contributed by atoms with van der Waals surface area (Å²) in [7, 11) is 1.90. The minimum Gasteiger partial charge on any atom is -0.341 e. The number of aromatic nitrogens is 4. The van der Waals surface area contributed by atoms with E-state index in [0.29, 0.717) is 23.9 Å². The van der Waals surface area contributed by atoms with Gasteiger partial charge in [0.05, 0.1) is 0 Å². The van der Waals surface area contributed by atoms with Gasteiger partial charge in [-0.15, -0.1) is 22.6 Å². The number of hydrogen-bond donors (Lipinski definition) is 1. The number of benzene rings is 1. The van der Waals surface area contributed by atoms with Crippen LogP contribution in [0.3, 0.4) is 0 Å². The SMILES string of the molecule is CN(C(=O)Cn1nnc(-c2ccccc2)n1)C1CC2CCC(C1)N2.Cl. The molecule has 1 aromatic carbocycles. The van der Waals surface area contributed by atoms with Crippen LogP contribution in [0, 0.1) is 0 Å². The summed E-state index contributed by atoms with van der Waals surface area (Å²) >= 11 is 0.